The van der Waals surface area contributed by atoms with Crippen molar-refractivity contribution in [3.05, 3.63) is 29.8 Å². The Morgan fingerprint density at radius 1 is 1.23 bits per heavy atom. The summed E-state index contributed by atoms with van der Waals surface area (Å²) in [6.07, 6.45) is 2.59. The molecule has 0 bridgehead atoms. The third-order valence-electron chi connectivity index (χ3n) is 3.64. The van der Waals surface area contributed by atoms with Crippen molar-refractivity contribution in [3.63, 3.8) is 0 Å². The molecule has 0 atom stereocenters. The fourth-order valence-corrected chi connectivity index (χ4v) is 2.86. The number of nitrogens with zero attached hydrogens (tertiary/aromatic N) is 2. The maximum Gasteiger partial charge on any atom is 0.242 e. The van der Waals surface area contributed by atoms with Gasteiger partial charge >= 0.3 is 0 Å². The van der Waals surface area contributed by atoms with E-state index in [4.69, 9.17) is 0 Å². The summed E-state index contributed by atoms with van der Waals surface area (Å²) < 4.78 is 25.2. The second-order valence-electron chi connectivity index (χ2n) is 5.68. The van der Waals surface area contributed by atoms with E-state index in [2.05, 4.69) is 15.6 Å². The molecule has 0 heterocycles. The van der Waals surface area contributed by atoms with E-state index in [-0.39, 0.29) is 0 Å². The SMILES string of the molecule is CN=C(NCc1ccc(S(=O)(=O)N(C)C)cc1)NCC1CC1. The van der Waals surface area contributed by atoms with E-state index in [1.807, 2.05) is 12.1 Å². The van der Waals surface area contributed by atoms with Crippen LogP contribution in [0.1, 0.15) is 18.4 Å². The van der Waals surface area contributed by atoms with E-state index in [0.717, 1.165) is 24.0 Å². The van der Waals surface area contributed by atoms with Gasteiger partial charge in [0.1, 0.15) is 0 Å². The van der Waals surface area contributed by atoms with Gasteiger partial charge in [-0.2, -0.15) is 0 Å². The van der Waals surface area contributed by atoms with Crippen molar-refractivity contribution in [2.24, 2.45) is 10.9 Å². The van der Waals surface area contributed by atoms with Crippen molar-refractivity contribution in [2.45, 2.75) is 24.3 Å². The molecule has 0 saturated heterocycles. The zero-order valence-corrected chi connectivity index (χ0v) is 14.2. The Bertz CT molecular complexity index is 619. The van der Waals surface area contributed by atoms with Gasteiger partial charge in [-0.3, -0.25) is 4.99 Å². The molecule has 0 radical (unpaired) electrons. The van der Waals surface area contributed by atoms with Crippen LogP contribution in [0.25, 0.3) is 0 Å². The molecule has 2 N–H and O–H groups in total. The summed E-state index contributed by atoms with van der Waals surface area (Å²) in [5, 5.41) is 6.52. The first-order valence-electron chi connectivity index (χ1n) is 7.39. The molecule has 1 aromatic rings. The summed E-state index contributed by atoms with van der Waals surface area (Å²) in [6, 6.07) is 6.90. The molecule has 0 spiro atoms. The maximum atomic E-state index is 12.0. The van der Waals surface area contributed by atoms with Crippen LogP contribution in [-0.4, -0.2) is 46.4 Å². The maximum absolute atomic E-state index is 12.0. The number of hydrogen-bond donors (Lipinski definition) is 2. The van der Waals surface area contributed by atoms with E-state index in [0.29, 0.717) is 11.4 Å². The molecule has 122 valence electrons. The lowest BCUT2D eigenvalue weighted by Crippen LogP contribution is -2.37. The van der Waals surface area contributed by atoms with E-state index in [1.165, 1.54) is 31.2 Å². The Morgan fingerprint density at radius 3 is 2.36 bits per heavy atom. The molecule has 1 aliphatic carbocycles. The van der Waals surface area contributed by atoms with E-state index in [9.17, 15) is 8.42 Å². The highest BCUT2D eigenvalue weighted by Crippen LogP contribution is 2.27. The minimum atomic E-state index is -3.36. The van der Waals surface area contributed by atoms with Crippen molar-refractivity contribution in [1.82, 2.24) is 14.9 Å². The van der Waals surface area contributed by atoms with E-state index >= 15 is 0 Å². The first-order valence-corrected chi connectivity index (χ1v) is 8.83. The van der Waals surface area contributed by atoms with Gasteiger partial charge in [0.2, 0.25) is 10.0 Å². The Balaban J connectivity index is 1.90. The molecule has 1 fully saturated rings. The first-order chi connectivity index (χ1) is 10.4. The Labute approximate surface area is 132 Å². The van der Waals surface area contributed by atoms with Crippen molar-refractivity contribution >= 4 is 16.0 Å². The molecule has 1 saturated carbocycles. The van der Waals surface area contributed by atoms with Crippen molar-refractivity contribution in [1.29, 1.82) is 0 Å². The molecule has 2 rings (SSSR count). The third kappa shape index (κ3) is 4.45. The fourth-order valence-electron chi connectivity index (χ4n) is 1.96. The summed E-state index contributed by atoms with van der Waals surface area (Å²) in [5.41, 5.74) is 1.01. The first kappa shape index (κ1) is 16.8. The van der Waals surface area contributed by atoms with Crippen LogP contribution in [0.3, 0.4) is 0 Å². The molecule has 0 unspecified atom stereocenters. The normalized spacial score (nSPS) is 15.9. The van der Waals surface area contributed by atoms with Gasteiger partial charge in [-0.25, -0.2) is 12.7 Å². The molecule has 0 amide bonds. The lowest BCUT2D eigenvalue weighted by atomic mass is 10.2. The summed E-state index contributed by atoms with van der Waals surface area (Å²) >= 11 is 0. The standard InChI is InChI=1S/C15H24N4O2S/c1-16-15(17-10-12-4-5-12)18-11-13-6-8-14(9-7-13)22(20,21)19(2)3/h6-9,12H,4-5,10-11H2,1-3H3,(H2,16,17,18). The molecule has 0 aliphatic heterocycles. The van der Waals surface area contributed by atoms with Crippen LogP contribution in [0.15, 0.2) is 34.2 Å². The van der Waals surface area contributed by atoms with Gasteiger partial charge in [0.25, 0.3) is 0 Å². The summed E-state index contributed by atoms with van der Waals surface area (Å²) in [4.78, 5) is 4.48. The largest absolute Gasteiger partial charge is 0.356 e. The summed E-state index contributed by atoms with van der Waals surface area (Å²) in [5.74, 6) is 1.56. The fraction of sp³-hybridized carbons (Fsp3) is 0.533. The Morgan fingerprint density at radius 2 is 1.86 bits per heavy atom. The van der Waals surface area contributed by atoms with Crippen LogP contribution in [0.2, 0.25) is 0 Å². The summed E-state index contributed by atoms with van der Waals surface area (Å²) in [6.45, 7) is 1.56. The zero-order chi connectivity index (χ0) is 16.2. The smallest absolute Gasteiger partial charge is 0.242 e. The number of hydrogen-bond acceptors (Lipinski definition) is 3. The Hall–Kier alpha value is -1.60. The number of sulfonamides is 1. The van der Waals surface area contributed by atoms with E-state index < -0.39 is 10.0 Å². The van der Waals surface area contributed by atoms with Crippen LogP contribution in [0, 0.1) is 5.92 Å². The predicted molar refractivity (Wildman–Crippen MR) is 88.2 cm³/mol. The van der Waals surface area contributed by atoms with Gasteiger partial charge in [0.05, 0.1) is 4.90 Å². The molecular weight excluding hydrogens is 300 g/mol. The van der Waals surface area contributed by atoms with Crippen LogP contribution in [0.5, 0.6) is 0 Å². The van der Waals surface area contributed by atoms with Crippen molar-refractivity contribution in [2.75, 3.05) is 27.7 Å². The third-order valence-corrected chi connectivity index (χ3v) is 5.47. The van der Waals surface area contributed by atoms with Crippen molar-refractivity contribution < 1.29 is 8.42 Å². The zero-order valence-electron chi connectivity index (χ0n) is 13.3. The summed E-state index contributed by atoms with van der Waals surface area (Å²) in [7, 11) is 1.44. The van der Waals surface area contributed by atoms with Gasteiger partial charge in [0.15, 0.2) is 5.96 Å². The van der Waals surface area contributed by atoms with E-state index in [1.54, 1.807) is 19.2 Å². The quantitative estimate of drug-likeness (QED) is 0.605. The van der Waals surface area contributed by atoms with Gasteiger partial charge in [-0.05, 0) is 36.5 Å². The number of guanidine groups is 1. The second kappa shape index (κ2) is 7.11. The van der Waals surface area contributed by atoms with Crippen LogP contribution >= 0.6 is 0 Å². The minimum Gasteiger partial charge on any atom is -0.356 e. The second-order valence-corrected chi connectivity index (χ2v) is 7.83. The highest BCUT2D eigenvalue weighted by molar-refractivity contribution is 7.89. The van der Waals surface area contributed by atoms with Gasteiger partial charge in [0, 0.05) is 34.2 Å². The van der Waals surface area contributed by atoms with Gasteiger partial charge in [-0.1, -0.05) is 12.1 Å². The highest BCUT2D eigenvalue weighted by atomic mass is 32.2. The monoisotopic (exact) mass is 324 g/mol. The molecule has 22 heavy (non-hydrogen) atoms. The molecule has 7 heteroatoms. The average molecular weight is 324 g/mol. The average Bonchev–Trinajstić information content (AvgIpc) is 3.32. The molecule has 1 aliphatic rings. The lowest BCUT2D eigenvalue weighted by molar-refractivity contribution is 0.520. The molecule has 6 nitrogen and oxygen atoms in total. The van der Waals surface area contributed by atoms with Crippen LogP contribution in [-0.2, 0) is 16.6 Å². The van der Waals surface area contributed by atoms with Gasteiger partial charge in [-0.15, -0.1) is 0 Å². The van der Waals surface area contributed by atoms with Gasteiger partial charge < -0.3 is 10.6 Å². The Kier molecular flexibility index (Phi) is 5.42. The van der Waals surface area contributed by atoms with Crippen molar-refractivity contribution in [3.8, 4) is 0 Å². The topological polar surface area (TPSA) is 73.8 Å². The predicted octanol–water partition coefficient (Wildman–Crippen LogP) is 1.01. The van der Waals surface area contributed by atoms with Crippen LogP contribution in [0.4, 0.5) is 0 Å². The highest BCUT2D eigenvalue weighted by Gasteiger charge is 2.21. The minimum absolute atomic E-state index is 0.303. The molecular formula is C15H24N4O2S. The molecule has 1 aromatic carbocycles. The number of benzene rings is 1. The molecule has 0 aromatic heterocycles. The number of nitrogens with one attached hydrogen (secondary N) is 2. The lowest BCUT2D eigenvalue weighted by Gasteiger charge is -2.13. The number of aliphatic imine (C=N–C) groups is 1. The number of rotatable bonds is 6. The van der Waals surface area contributed by atoms with Crippen LogP contribution < -0.4 is 10.6 Å².